The molecule has 0 heterocycles. The van der Waals surface area contributed by atoms with Gasteiger partial charge in [0.05, 0.1) is 26.1 Å². The predicted molar refractivity (Wildman–Crippen MR) is 202 cm³/mol. The summed E-state index contributed by atoms with van der Waals surface area (Å²) in [5.41, 5.74) is 5.04. The van der Waals surface area contributed by atoms with Crippen LogP contribution in [0.3, 0.4) is 0 Å². The van der Waals surface area contributed by atoms with Gasteiger partial charge in [0, 0.05) is 22.5 Å². The SMILES string of the molecule is Cc1ccccc1N/N=C1/C(=O)c2ccc(NC(=O)Nc3ccc4c(c3)C=C(S(=O)(=O)[O-])/C(=N/Nc3ccc(S(=O)(=O)[O-])cc3C)C4=O)cc2C=C1S(=O)(=O)[O-].[Na+].[Na+].[Na+]. The van der Waals surface area contributed by atoms with Gasteiger partial charge in [0.1, 0.15) is 41.8 Å². The summed E-state index contributed by atoms with van der Waals surface area (Å²) in [6.07, 6.45) is 1.84. The fraction of sp³-hybridized carbons (Fsp3) is 0.0571. The molecule has 0 aromatic heterocycles. The number of ketones is 2. The Labute approximate surface area is 404 Å². The summed E-state index contributed by atoms with van der Waals surface area (Å²) >= 11 is 0. The molecule has 0 radical (unpaired) electrons. The molecule has 0 aliphatic heterocycles. The maximum absolute atomic E-state index is 13.4. The number of rotatable bonds is 9. The second kappa shape index (κ2) is 19.6. The third-order valence-electron chi connectivity index (χ3n) is 8.32. The molecule has 2 aliphatic carbocycles. The standard InChI is InChI=1S/C35H28N6O12S3.3Na/c1-18-5-3-4-6-27(18)38-40-31-29(55(48,49)50)16-20-14-22(7-10-25(20)33(31)42)36-35(44)37-23-8-11-26-21(15-23)17-30(56(51,52)53)32(34(26)43)41-39-28-12-9-24(13-19(28)2)54(45,46)47;;;/h3-17,38-39H,1-2H3,(H2,36,37,44)(H,45,46,47)(H,48,49,50)(H,51,52,53);;;/q;3*+1/p-3/b40-31+,41-32-;;;. The number of hydrogen-bond donors (Lipinski definition) is 4. The third-order valence-corrected chi connectivity index (χ3v) is 10.9. The first-order valence-electron chi connectivity index (χ1n) is 15.8. The Morgan fingerprint density at radius 1 is 0.559 bits per heavy atom. The average molecular weight is 887 g/mol. The molecule has 0 saturated heterocycles. The number of nitrogens with one attached hydrogen (secondary N) is 4. The minimum absolute atomic E-state index is 0. The zero-order chi connectivity index (χ0) is 40.7. The number of Topliss-reactive ketones (excluding diaryl/α,β-unsaturated/α-hetero) is 2. The summed E-state index contributed by atoms with van der Waals surface area (Å²) in [6.45, 7) is 3.17. The predicted octanol–water partition coefficient (Wildman–Crippen LogP) is -5.04. The van der Waals surface area contributed by atoms with Crippen LogP contribution in [0.5, 0.6) is 0 Å². The van der Waals surface area contributed by atoms with Gasteiger partial charge in [0.25, 0.3) is 0 Å². The topological polar surface area (TPSA) is 296 Å². The molecule has 24 heteroatoms. The number of urea groups is 1. The van der Waals surface area contributed by atoms with Crippen LogP contribution in [0.25, 0.3) is 12.2 Å². The Kier molecular flexibility index (Phi) is 16.6. The van der Waals surface area contributed by atoms with E-state index in [9.17, 15) is 53.3 Å². The van der Waals surface area contributed by atoms with Crippen LogP contribution >= 0.6 is 0 Å². The number of aryl methyl sites for hydroxylation is 2. The van der Waals surface area contributed by atoms with Gasteiger partial charge in [0.15, 0.2) is 0 Å². The number of amides is 2. The van der Waals surface area contributed by atoms with Gasteiger partial charge in [-0.15, -0.1) is 0 Å². The summed E-state index contributed by atoms with van der Waals surface area (Å²) < 4.78 is 107. The van der Waals surface area contributed by atoms with Crippen molar-refractivity contribution in [1.82, 2.24) is 0 Å². The second-order valence-electron chi connectivity index (χ2n) is 12.2. The van der Waals surface area contributed by atoms with E-state index >= 15 is 0 Å². The van der Waals surface area contributed by atoms with E-state index in [0.717, 1.165) is 35.9 Å². The maximum Gasteiger partial charge on any atom is 1.00 e. The van der Waals surface area contributed by atoms with E-state index in [2.05, 4.69) is 31.7 Å². The Bertz CT molecular complexity index is 2880. The quantitative estimate of drug-likeness (QED) is 0.0696. The van der Waals surface area contributed by atoms with E-state index in [1.54, 1.807) is 31.2 Å². The molecule has 0 saturated carbocycles. The van der Waals surface area contributed by atoms with Crippen molar-refractivity contribution in [3.8, 4) is 0 Å². The molecule has 18 nitrogen and oxygen atoms in total. The molecular weight excluding hydrogens is 862 g/mol. The molecule has 0 bridgehead atoms. The monoisotopic (exact) mass is 886 g/mol. The molecule has 4 aromatic carbocycles. The van der Waals surface area contributed by atoms with Gasteiger partial charge >= 0.3 is 94.7 Å². The van der Waals surface area contributed by atoms with Crippen LogP contribution in [0, 0.1) is 13.8 Å². The van der Waals surface area contributed by atoms with Crippen LogP contribution in [-0.4, -0.2) is 67.9 Å². The molecule has 0 fully saturated rings. The van der Waals surface area contributed by atoms with Crippen molar-refractivity contribution in [1.29, 1.82) is 0 Å². The van der Waals surface area contributed by atoms with Gasteiger partial charge in [-0.05, 0) is 109 Å². The maximum atomic E-state index is 13.4. The number of carbonyl (C=O) groups is 3. The molecule has 2 aliphatic rings. The third kappa shape index (κ3) is 11.5. The van der Waals surface area contributed by atoms with Crippen molar-refractivity contribution in [3.63, 3.8) is 0 Å². The number of para-hydroxylation sites is 1. The van der Waals surface area contributed by atoms with Crippen molar-refractivity contribution in [2.24, 2.45) is 10.2 Å². The Balaban J connectivity index is 0.00000310. The van der Waals surface area contributed by atoms with Crippen LogP contribution < -0.4 is 110 Å². The number of fused-ring (bicyclic) bond motifs is 2. The summed E-state index contributed by atoms with van der Waals surface area (Å²) in [7, 11) is -15.3. The molecule has 59 heavy (non-hydrogen) atoms. The minimum Gasteiger partial charge on any atom is -0.744 e. The molecule has 4 aromatic rings. The van der Waals surface area contributed by atoms with E-state index < -0.39 is 74.1 Å². The number of nitrogens with zero attached hydrogens (tertiary/aromatic N) is 2. The van der Waals surface area contributed by atoms with E-state index in [1.165, 1.54) is 43.3 Å². The molecule has 6 rings (SSSR count). The fourth-order valence-electron chi connectivity index (χ4n) is 5.57. The summed E-state index contributed by atoms with van der Waals surface area (Å²) in [4.78, 5) is 37.2. The van der Waals surface area contributed by atoms with Crippen LogP contribution in [-0.2, 0) is 30.4 Å². The number of hydrazone groups is 2. The van der Waals surface area contributed by atoms with Crippen molar-refractivity contribution < 1.29 is 142 Å². The molecule has 0 spiro atoms. The van der Waals surface area contributed by atoms with Crippen LogP contribution in [0.1, 0.15) is 43.0 Å². The van der Waals surface area contributed by atoms with E-state index in [0.29, 0.717) is 5.69 Å². The van der Waals surface area contributed by atoms with Gasteiger partial charge in [0.2, 0.25) is 11.6 Å². The van der Waals surface area contributed by atoms with Crippen LogP contribution in [0.2, 0.25) is 0 Å². The minimum atomic E-state index is -5.31. The van der Waals surface area contributed by atoms with E-state index in [-0.39, 0.29) is 134 Å². The zero-order valence-electron chi connectivity index (χ0n) is 31.7. The first-order chi connectivity index (χ1) is 26.2. The van der Waals surface area contributed by atoms with Gasteiger partial charge < -0.3 is 24.3 Å². The molecule has 2 amide bonds. The van der Waals surface area contributed by atoms with Crippen LogP contribution in [0.4, 0.5) is 27.5 Å². The Hall–Kier alpha value is -3.36. The number of carbonyl (C=O) groups excluding carboxylic acids is 3. The molecule has 4 N–H and O–H groups in total. The smallest absolute Gasteiger partial charge is 0.744 e. The van der Waals surface area contributed by atoms with Crippen molar-refractivity contribution >= 4 is 94.3 Å². The summed E-state index contributed by atoms with van der Waals surface area (Å²) in [5, 5.41) is 12.7. The summed E-state index contributed by atoms with van der Waals surface area (Å²) in [5.74, 6) is -1.84. The van der Waals surface area contributed by atoms with Crippen molar-refractivity contribution in [2.45, 2.75) is 18.7 Å². The molecule has 0 atom stereocenters. The Morgan fingerprint density at radius 3 is 1.41 bits per heavy atom. The van der Waals surface area contributed by atoms with Crippen LogP contribution in [0.15, 0.2) is 104 Å². The number of benzene rings is 4. The second-order valence-corrected chi connectivity index (χ2v) is 16.2. The van der Waals surface area contributed by atoms with Gasteiger partial charge in [-0.25, -0.2) is 30.0 Å². The number of hydrogen-bond acceptors (Lipinski definition) is 16. The molecular formula is C35H25N6Na3O12S3. The van der Waals surface area contributed by atoms with Crippen molar-refractivity contribution in [2.75, 3.05) is 21.5 Å². The normalized spacial score (nSPS) is 14.9. The summed E-state index contributed by atoms with van der Waals surface area (Å²) in [6, 6.07) is 16.8. The van der Waals surface area contributed by atoms with Gasteiger partial charge in [-0.3, -0.25) is 20.4 Å². The van der Waals surface area contributed by atoms with E-state index in [1.807, 2.05) is 0 Å². The fourth-order valence-corrected chi connectivity index (χ4v) is 7.41. The molecule has 0 unspecified atom stereocenters. The first-order valence-corrected chi connectivity index (χ1v) is 20.0. The van der Waals surface area contributed by atoms with Gasteiger partial charge in [-0.2, -0.15) is 10.2 Å². The largest absolute Gasteiger partial charge is 1.00 e. The Morgan fingerprint density at radius 2 is 1.00 bits per heavy atom. The van der Waals surface area contributed by atoms with E-state index in [4.69, 9.17) is 0 Å². The average Bonchev–Trinajstić information content (AvgIpc) is 3.10. The number of allylic oxidation sites excluding steroid dienone is 2. The molecule has 288 valence electrons. The van der Waals surface area contributed by atoms with Gasteiger partial charge in [-0.1, -0.05) is 18.2 Å². The number of anilines is 4. The zero-order valence-corrected chi connectivity index (χ0v) is 40.1. The van der Waals surface area contributed by atoms with Crippen molar-refractivity contribution in [3.05, 3.63) is 122 Å². The first kappa shape index (κ1) is 50.0.